The van der Waals surface area contributed by atoms with E-state index in [-0.39, 0.29) is 37.0 Å². The molecule has 3 aliphatic heterocycles. The first-order valence-electron chi connectivity index (χ1n) is 17.2. The zero-order chi connectivity index (χ0) is 34.8. The van der Waals surface area contributed by atoms with Crippen molar-refractivity contribution in [2.75, 3.05) is 5.32 Å². The first kappa shape index (κ1) is 31.8. The minimum Gasteiger partial charge on any atom is -0.469 e. The van der Waals surface area contributed by atoms with E-state index in [1.54, 1.807) is 20.0 Å². The molecule has 2 aromatic heterocycles. The number of ether oxygens (including phenoxy) is 1. The van der Waals surface area contributed by atoms with Gasteiger partial charge < -0.3 is 34.6 Å². The first-order chi connectivity index (χ1) is 24.2. The number of fused-ring (bicyclic) bond motifs is 4. The molecule has 4 atom stereocenters. The summed E-state index contributed by atoms with van der Waals surface area (Å²) in [5, 5.41) is 20.6. The van der Waals surface area contributed by atoms with Crippen LogP contribution in [-0.2, 0) is 21.4 Å². The molecule has 1 spiro atoms. The second-order valence-electron chi connectivity index (χ2n) is 13.7. The van der Waals surface area contributed by atoms with Gasteiger partial charge in [-0.2, -0.15) is 0 Å². The fraction of sp³-hybridized carbons (Fsp3) is 0.333. The fourth-order valence-electron chi connectivity index (χ4n) is 7.43. The van der Waals surface area contributed by atoms with E-state index in [9.17, 15) is 14.7 Å². The van der Waals surface area contributed by atoms with E-state index in [4.69, 9.17) is 23.5 Å². The van der Waals surface area contributed by atoms with Crippen molar-refractivity contribution in [2.24, 2.45) is 5.92 Å². The number of carbonyl (C=O) groups is 2. The minimum atomic E-state index is -1.61. The number of oxazole rings is 2. The Morgan fingerprint density at radius 1 is 1.02 bits per heavy atom. The monoisotopic (exact) mass is 673 g/mol. The number of nitrogens with zero attached hydrogens (tertiary/aromatic N) is 2. The maximum absolute atomic E-state index is 14.2. The van der Waals surface area contributed by atoms with E-state index < -0.39 is 41.1 Å². The van der Waals surface area contributed by atoms with Gasteiger partial charge in [0, 0.05) is 23.2 Å². The summed E-state index contributed by atoms with van der Waals surface area (Å²) in [4.78, 5) is 37.4. The quantitative estimate of drug-likeness (QED) is 0.166. The molecule has 4 bridgehead atoms. The van der Waals surface area contributed by atoms with Crippen molar-refractivity contribution in [3.05, 3.63) is 107 Å². The van der Waals surface area contributed by atoms with Gasteiger partial charge in [-0.05, 0) is 42.0 Å². The lowest BCUT2D eigenvalue weighted by Crippen LogP contribution is -2.55. The maximum atomic E-state index is 14.2. The third kappa shape index (κ3) is 4.82. The molecule has 0 fully saturated rings. The number of benzene rings is 3. The smallest absolute Gasteiger partial charge is 0.252 e. The topological polar surface area (TPSA) is 152 Å². The van der Waals surface area contributed by atoms with Crippen LogP contribution in [0, 0.1) is 5.92 Å². The number of rotatable bonds is 7. The van der Waals surface area contributed by atoms with Gasteiger partial charge in [0.1, 0.15) is 28.8 Å². The number of hydrogen-bond acceptors (Lipinski definition) is 9. The zero-order valence-electron chi connectivity index (χ0n) is 28.3. The second-order valence-corrected chi connectivity index (χ2v) is 13.7. The normalized spacial score (nSPS) is 22.0. The van der Waals surface area contributed by atoms with Crippen LogP contribution >= 0.6 is 0 Å². The molecule has 5 aromatic rings. The van der Waals surface area contributed by atoms with Crippen molar-refractivity contribution in [3.8, 4) is 28.7 Å². The van der Waals surface area contributed by atoms with Crippen LogP contribution in [0.2, 0.25) is 0 Å². The van der Waals surface area contributed by atoms with Crippen molar-refractivity contribution in [1.82, 2.24) is 20.6 Å². The van der Waals surface area contributed by atoms with Crippen LogP contribution < -0.4 is 20.7 Å². The summed E-state index contributed by atoms with van der Waals surface area (Å²) in [5.41, 5.74) is 2.07. The van der Waals surface area contributed by atoms with Crippen LogP contribution in [0.4, 0.5) is 5.69 Å². The largest absolute Gasteiger partial charge is 0.469 e. The van der Waals surface area contributed by atoms with E-state index in [0.717, 1.165) is 27.9 Å². The molecular weight excluding hydrogens is 634 g/mol. The van der Waals surface area contributed by atoms with E-state index in [0.29, 0.717) is 23.0 Å². The Morgan fingerprint density at radius 2 is 1.78 bits per heavy atom. The highest BCUT2D eigenvalue weighted by Gasteiger charge is 2.61. The first-order valence-corrected chi connectivity index (χ1v) is 17.2. The Labute approximate surface area is 289 Å². The van der Waals surface area contributed by atoms with Crippen LogP contribution in [0.5, 0.6) is 5.75 Å². The van der Waals surface area contributed by atoms with Crippen molar-refractivity contribution >= 4 is 17.5 Å². The molecule has 0 saturated heterocycles. The Kier molecular flexibility index (Phi) is 7.56. The predicted octanol–water partition coefficient (Wildman–Crippen LogP) is 5.88. The average molecular weight is 674 g/mol. The number of para-hydroxylation sites is 1. The summed E-state index contributed by atoms with van der Waals surface area (Å²) in [6, 6.07) is 21.8. The van der Waals surface area contributed by atoms with Gasteiger partial charge in [0.05, 0.1) is 6.20 Å². The molecule has 0 saturated carbocycles. The molecule has 11 nitrogen and oxygen atoms in total. The molecule has 256 valence electrons. The maximum Gasteiger partial charge on any atom is 0.252 e. The zero-order valence-corrected chi connectivity index (χ0v) is 28.3. The third-order valence-electron chi connectivity index (χ3n) is 10.4. The van der Waals surface area contributed by atoms with Gasteiger partial charge in [-0.1, -0.05) is 88.4 Å². The van der Waals surface area contributed by atoms with Crippen molar-refractivity contribution in [2.45, 2.75) is 76.3 Å². The number of hydrogen-bond donors (Lipinski definition) is 4. The number of aromatic nitrogens is 2. The second kappa shape index (κ2) is 11.9. The van der Waals surface area contributed by atoms with Crippen LogP contribution in [0.25, 0.3) is 22.9 Å². The SMILES string of the molecule is CCC(O)(CC)C(=O)NC1Cc2ccc3c(c2)C2(c4ccccc4NC2O3)c2oc(nc2-c2ncc(-c3ccccc3)o2)[C@H](C(C)C)NC1=O. The van der Waals surface area contributed by atoms with Crippen molar-refractivity contribution in [1.29, 1.82) is 0 Å². The van der Waals surface area contributed by atoms with Crippen LogP contribution in [0.1, 0.15) is 74.9 Å². The van der Waals surface area contributed by atoms with E-state index in [1.807, 2.05) is 80.6 Å². The van der Waals surface area contributed by atoms with Gasteiger partial charge in [-0.25, -0.2) is 9.97 Å². The average Bonchev–Trinajstić information content (AvgIpc) is 3.91. The predicted molar refractivity (Wildman–Crippen MR) is 185 cm³/mol. The molecule has 2 amide bonds. The fourth-order valence-corrected chi connectivity index (χ4v) is 7.43. The van der Waals surface area contributed by atoms with Gasteiger partial charge in [0.25, 0.3) is 5.91 Å². The number of amides is 2. The lowest BCUT2D eigenvalue weighted by molar-refractivity contribution is -0.143. The number of aliphatic hydroxyl groups is 1. The molecule has 0 aliphatic carbocycles. The molecule has 3 aliphatic rings. The molecule has 0 radical (unpaired) electrons. The third-order valence-corrected chi connectivity index (χ3v) is 10.4. The Balaban J connectivity index is 1.35. The molecule has 11 heteroatoms. The molecule has 5 heterocycles. The van der Waals surface area contributed by atoms with E-state index in [2.05, 4.69) is 22.0 Å². The summed E-state index contributed by atoms with van der Waals surface area (Å²) >= 11 is 0. The lowest BCUT2D eigenvalue weighted by Gasteiger charge is -2.30. The van der Waals surface area contributed by atoms with Crippen molar-refractivity contribution < 1.29 is 28.3 Å². The van der Waals surface area contributed by atoms with Gasteiger partial charge in [-0.3, -0.25) is 9.59 Å². The highest BCUT2D eigenvalue weighted by atomic mass is 16.5. The van der Waals surface area contributed by atoms with Gasteiger partial charge >= 0.3 is 0 Å². The molecule has 8 rings (SSSR count). The summed E-state index contributed by atoms with van der Waals surface area (Å²) in [6.45, 7) is 7.42. The molecule has 3 aromatic carbocycles. The van der Waals surface area contributed by atoms with Gasteiger partial charge in [-0.15, -0.1) is 0 Å². The Morgan fingerprint density at radius 3 is 2.54 bits per heavy atom. The number of anilines is 1. The Bertz CT molecular complexity index is 2100. The summed E-state index contributed by atoms with van der Waals surface area (Å²) in [5.74, 6) is 1.06. The summed E-state index contributed by atoms with van der Waals surface area (Å²) in [6.07, 6.45) is 1.67. The number of carbonyl (C=O) groups excluding carboxylic acids is 2. The standard InChI is InChI=1S/C39H39N5O6/c1-5-38(47,6-2)36(46)41-27-19-22-16-17-28-25(18-22)39(24-14-10-11-15-26(24)42-37(39)49-28)32-31(44-35(50-32)30(21(3)4)43-33(27)45)34-40-20-29(48-34)23-12-8-7-9-13-23/h7-18,20-21,27,30,37,42,47H,5-6,19H2,1-4H3,(H,41,46)(H,43,45)/t27?,30-,37?,39?/m0/s1. The lowest BCUT2D eigenvalue weighted by atomic mass is 9.72. The Hall–Kier alpha value is -5.42. The van der Waals surface area contributed by atoms with E-state index in [1.165, 1.54) is 0 Å². The molecule has 4 N–H and O–H groups in total. The van der Waals surface area contributed by atoms with Crippen molar-refractivity contribution in [3.63, 3.8) is 0 Å². The highest BCUT2D eigenvalue weighted by Crippen LogP contribution is 2.59. The van der Waals surface area contributed by atoms with Gasteiger partial charge in [0.2, 0.25) is 17.7 Å². The highest BCUT2D eigenvalue weighted by molar-refractivity contribution is 5.91. The van der Waals surface area contributed by atoms with Gasteiger partial charge in [0.15, 0.2) is 23.4 Å². The van der Waals surface area contributed by atoms with Crippen LogP contribution in [0.15, 0.2) is 87.8 Å². The van der Waals surface area contributed by atoms with Crippen LogP contribution in [0.3, 0.4) is 0 Å². The minimum absolute atomic E-state index is 0.166. The van der Waals surface area contributed by atoms with E-state index >= 15 is 0 Å². The molecule has 3 unspecified atom stereocenters. The molecule has 50 heavy (non-hydrogen) atoms. The summed E-state index contributed by atoms with van der Waals surface area (Å²) in [7, 11) is 0. The van der Waals surface area contributed by atoms with Crippen LogP contribution in [-0.4, -0.2) is 44.8 Å². The number of nitrogens with one attached hydrogen (secondary N) is 3. The summed E-state index contributed by atoms with van der Waals surface area (Å²) < 4.78 is 20.0. The molecular formula is C39H39N5O6.